The topological polar surface area (TPSA) is 65.9 Å². The lowest BCUT2D eigenvalue weighted by Gasteiger charge is -2.36. The fourth-order valence-corrected chi connectivity index (χ4v) is 6.11. The molecule has 0 atom stereocenters. The summed E-state index contributed by atoms with van der Waals surface area (Å²) in [6.45, 7) is 5.07. The Morgan fingerprint density at radius 1 is 0.875 bits per heavy atom. The molecule has 1 aromatic heterocycles. The van der Waals surface area contributed by atoms with E-state index in [-0.39, 0.29) is 12.5 Å². The summed E-state index contributed by atoms with van der Waals surface area (Å²) in [5, 5.41) is 0.602. The van der Waals surface area contributed by atoms with Gasteiger partial charge in [0.2, 0.25) is 5.91 Å². The van der Waals surface area contributed by atoms with Crippen LogP contribution in [-0.4, -0.2) is 64.1 Å². The zero-order valence-electron chi connectivity index (χ0n) is 22.3. The van der Waals surface area contributed by atoms with Crippen molar-refractivity contribution in [2.45, 2.75) is 13.5 Å². The van der Waals surface area contributed by atoms with Crippen molar-refractivity contribution < 1.29 is 14.4 Å². The van der Waals surface area contributed by atoms with Crippen LogP contribution in [0.2, 0.25) is 0 Å². The lowest BCUT2D eigenvalue weighted by Crippen LogP contribution is -2.51. The standard InChI is InChI=1S/C32H30N4O3S/c1-23-11-13-24(14-12-23)20-35-21-25(27-9-5-6-10-28(27)35)19-29-31(38)36(32(39)40-29)22-30(37)34-17-15-33(16-18-34)26-7-3-2-4-8-26/h2-14,19,21H,15-18,20,22H2,1H3/b29-19-. The van der Waals surface area contributed by atoms with E-state index in [0.717, 1.165) is 38.8 Å². The first kappa shape index (κ1) is 26.0. The predicted molar refractivity (Wildman–Crippen MR) is 160 cm³/mol. The van der Waals surface area contributed by atoms with E-state index in [2.05, 4.69) is 58.9 Å². The first-order chi connectivity index (χ1) is 19.5. The molecule has 2 fully saturated rings. The van der Waals surface area contributed by atoms with Crippen LogP contribution in [0.5, 0.6) is 0 Å². The normalized spacial score (nSPS) is 16.9. The van der Waals surface area contributed by atoms with E-state index in [4.69, 9.17) is 0 Å². The highest BCUT2D eigenvalue weighted by Gasteiger charge is 2.37. The molecule has 202 valence electrons. The number of thioether (sulfide) groups is 1. The summed E-state index contributed by atoms with van der Waals surface area (Å²) >= 11 is 0.897. The van der Waals surface area contributed by atoms with Crippen LogP contribution in [0.25, 0.3) is 17.0 Å². The van der Waals surface area contributed by atoms with Crippen molar-refractivity contribution >= 4 is 51.5 Å². The Labute approximate surface area is 237 Å². The molecule has 40 heavy (non-hydrogen) atoms. The minimum Gasteiger partial charge on any atom is -0.368 e. The third kappa shape index (κ3) is 5.27. The molecule has 0 bridgehead atoms. The number of rotatable bonds is 6. The van der Waals surface area contributed by atoms with Gasteiger partial charge in [-0.1, -0.05) is 66.2 Å². The second-order valence-corrected chi connectivity index (χ2v) is 11.2. The molecule has 0 unspecified atom stereocenters. The minimum atomic E-state index is -0.415. The molecule has 7 nitrogen and oxygen atoms in total. The van der Waals surface area contributed by atoms with E-state index < -0.39 is 11.1 Å². The highest BCUT2D eigenvalue weighted by molar-refractivity contribution is 8.18. The van der Waals surface area contributed by atoms with Crippen molar-refractivity contribution in [1.29, 1.82) is 0 Å². The molecule has 3 aromatic carbocycles. The SMILES string of the molecule is Cc1ccc(Cn2cc(/C=C3\SC(=O)N(CC(=O)N4CCN(c5ccccc5)CC4)C3=O)c3ccccc32)cc1. The van der Waals surface area contributed by atoms with Gasteiger partial charge in [0.15, 0.2) is 0 Å². The number of para-hydroxylation sites is 2. The molecule has 3 heterocycles. The van der Waals surface area contributed by atoms with Crippen molar-refractivity contribution in [1.82, 2.24) is 14.4 Å². The molecule has 0 spiro atoms. The van der Waals surface area contributed by atoms with Gasteiger partial charge in [0.25, 0.3) is 11.1 Å². The lowest BCUT2D eigenvalue weighted by atomic mass is 10.1. The van der Waals surface area contributed by atoms with Crippen LogP contribution in [0.3, 0.4) is 0 Å². The summed E-state index contributed by atoms with van der Waals surface area (Å²) in [7, 11) is 0. The molecule has 2 saturated heterocycles. The molecule has 2 aliphatic heterocycles. The first-order valence-electron chi connectivity index (χ1n) is 13.4. The summed E-state index contributed by atoms with van der Waals surface area (Å²) in [5.74, 6) is -0.618. The average molecular weight is 551 g/mol. The largest absolute Gasteiger partial charge is 0.368 e. The van der Waals surface area contributed by atoms with Gasteiger partial charge < -0.3 is 14.4 Å². The van der Waals surface area contributed by atoms with Crippen LogP contribution >= 0.6 is 11.8 Å². The fraction of sp³-hybridized carbons (Fsp3) is 0.219. The number of nitrogens with zero attached hydrogens (tertiary/aromatic N) is 4. The molecule has 3 amide bonds. The number of anilines is 1. The van der Waals surface area contributed by atoms with E-state index in [0.29, 0.717) is 37.6 Å². The molecule has 8 heteroatoms. The summed E-state index contributed by atoms with van der Waals surface area (Å²) in [6, 6.07) is 26.6. The Morgan fingerprint density at radius 3 is 2.33 bits per heavy atom. The Morgan fingerprint density at radius 2 is 1.57 bits per heavy atom. The molecule has 0 saturated carbocycles. The molecule has 6 rings (SSSR count). The number of carbonyl (C=O) groups excluding carboxylic acids is 3. The zero-order valence-corrected chi connectivity index (χ0v) is 23.1. The maximum absolute atomic E-state index is 13.3. The van der Waals surface area contributed by atoms with Crippen LogP contribution in [0, 0.1) is 6.92 Å². The third-order valence-corrected chi connectivity index (χ3v) is 8.41. The summed E-state index contributed by atoms with van der Waals surface area (Å²) in [5.41, 5.74) is 5.45. The van der Waals surface area contributed by atoms with Crippen LogP contribution in [0.4, 0.5) is 10.5 Å². The Kier molecular flexibility index (Phi) is 7.17. The van der Waals surface area contributed by atoms with Gasteiger partial charge in [-0.05, 0) is 48.5 Å². The van der Waals surface area contributed by atoms with E-state index in [1.165, 1.54) is 11.1 Å². The number of amides is 3. The van der Waals surface area contributed by atoms with Gasteiger partial charge in [0.1, 0.15) is 6.54 Å². The van der Waals surface area contributed by atoms with Crippen molar-refractivity contribution in [2.75, 3.05) is 37.6 Å². The van der Waals surface area contributed by atoms with Gasteiger partial charge in [0, 0.05) is 61.1 Å². The molecule has 0 N–H and O–H groups in total. The second kappa shape index (κ2) is 11.1. The number of piperazine rings is 1. The van der Waals surface area contributed by atoms with E-state index in [1.807, 2.05) is 42.6 Å². The van der Waals surface area contributed by atoms with Gasteiger partial charge in [-0.3, -0.25) is 19.3 Å². The molecular formula is C32H30N4O3S. The number of hydrogen-bond acceptors (Lipinski definition) is 5. The highest BCUT2D eigenvalue weighted by Crippen LogP contribution is 2.34. The van der Waals surface area contributed by atoms with E-state index in [1.54, 1.807) is 11.0 Å². The van der Waals surface area contributed by atoms with Crippen LogP contribution in [0.1, 0.15) is 16.7 Å². The summed E-state index contributed by atoms with van der Waals surface area (Å²) in [4.78, 5) is 44.5. The molecule has 2 aliphatic rings. The van der Waals surface area contributed by atoms with Gasteiger partial charge in [-0.15, -0.1) is 0 Å². The first-order valence-corrected chi connectivity index (χ1v) is 14.2. The number of aromatic nitrogens is 1. The fourth-order valence-electron chi connectivity index (χ4n) is 5.28. The van der Waals surface area contributed by atoms with Crippen molar-refractivity contribution in [2.24, 2.45) is 0 Å². The van der Waals surface area contributed by atoms with E-state index >= 15 is 0 Å². The van der Waals surface area contributed by atoms with E-state index in [9.17, 15) is 14.4 Å². The summed E-state index contributed by atoms with van der Waals surface area (Å²) in [6.07, 6.45) is 3.80. The number of carbonyl (C=O) groups is 3. The van der Waals surface area contributed by atoms with Crippen LogP contribution in [0.15, 0.2) is 90.0 Å². The predicted octanol–water partition coefficient (Wildman–Crippen LogP) is 5.38. The minimum absolute atomic E-state index is 0.203. The number of imide groups is 1. The monoisotopic (exact) mass is 550 g/mol. The van der Waals surface area contributed by atoms with Crippen molar-refractivity contribution in [3.05, 3.63) is 107 Å². The molecular weight excluding hydrogens is 520 g/mol. The number of benzene rings is 3. The van der Waals surface area contributed by atoms with Crippen molar-refractivity contribution in [3.8, 4) is 0 Å². The number of aryl methyl sites for hydroxylation is 1. The van der Waals surface area contributed by atoms with Gasteiger partial charge in [0.05, 0.1) is 4.91 Å². The maximum Gasteiger partial charge on any atom is 0.294 e. The lowest BCUT2D eigenvalue weighted by molar-refractivity contribution is -0.136. The summed E-state index contributed by atoms with van der Waals surface area (Å²) < 4.78 is 2.16. The quantitative estimate of drug-likeness (QED) is 0.302. The van der Waals surface area contributed by atoms with Gasteiger partial charge in [-0.25, -0.2) is 0 Å². The molecule has 4 aromatic rings. The molecule has 0 aliphatic carbocycles. The Hall–Kier alpha value is -4.30. The van der Waals surface area contributed by atoms with Crippen LogP contribution < -0.4 is 4.90 Å². The van der Waals surface area contributed by atoms with Crippen molar-refractivity contribution in [3.63, 3.8) is 0 Å². The average Bonchev–Trinajstić information content (AvgIpc) is 3.46. The Bertz CT molecular complexity index is 1600. The third-order valence-electron chi connectivity index (χ3n) is 7.50. The number of hydrogen-bond donors (Lipinski definition) is 0. The maximum atomic E-state index is 13.3. The number of fused-ring (bicyclic) bond motifs is 1. The van der Waals surface area contributed by atoms with Gasteiger partial charge >= 0.3 is 0 Å². The van der Waals surface area contributed by atoms with Crippen LogP contribution in [-0.2, 0) is 16.1 Å². The highest BCUT2D eigenvalue weighted by atomic mass is 32.2. The zero-order chi connectivity index (χ0) is 27.6. The Balaban J connectivity index is 1.15. The van der Waals surface area contributed by atoms with Gasteiger partial charge in [-0.2, -0.15) is 0 Å². The smallest absolute Gasteiger partial charge is 0.294 e. The second-order valence-electron chi connectivity index (χ2n) is 10.2. The molecule has 0 radical (unpaired) electrons.